The van der Waals surface area contributed by atoms with Crippen molar-refractivity contribution in [2.24, 2.45) is 0 Å². The molecule has 0 saturated heterocycles. The van der Waals surface area contributed by atoms with Gasteiger partial charge in [0.25, 0.3) is 0 Å². The molecule has 1 aromatic carbocycles. The highest BCUT2D eigenvalue weighted by molar-refractivity contribution is 6.31. The van der Waals surface area contributed by atoms with Gasteiger partial charge in [-0.3, -0.25) is 0 Å². The minimum atomic E-state index is 0.441. The third-order valence-corrected chi connectivity index (χ3v) is 3.55. The molecule has 0 aliphatic carbocycles. The number of nitrogens with one attached hydrogen (secondary N) is 1. The van der Waals surface area contributed by atoms with Crippen molar-refractivity contribution in [2.75, 3.05) is 0 Å². The van der Waals surface area contributed by atoms with Gasteiger partial charge in [0.15, 0.2) is 0 Å². The zero-order valence-electron chi connectivity index (χ0n) is 12.4. The summed E-state index contributed by atoms with van der Waals surface area (Å²) in [4.78, 5) is 4.47. The second-order valence-electron chi connectivity index (χ2n) is 5.29. The number of hydrogen-bond acceptors (Lipinski definition) is 2. The van der Waals surface area contributed by atoms with E-state index in [1.165, 1.54) is 0 Å². The van der Waals surface area contributed by atoms with Crippen molar-refractivity contribution in [2.45, 2.75) is 46.3 Å². The lowest BCUT2D eigenvalue weighted by Gasteiger charge is -2.12. The molecule has 0 fully saturated rings. The molecule has 108 valence electrons. The first-order valence-electron chi connectivity index (χ1n) is 7.15. The molecule has 0 radical (unpaired) electrons. The predicted octanol–water partition coefficient (Wildman–Crippen LogP) is 4.11. The molecule has 20 heavy (non-hydrogen) atoms. The molecular weight excluding hydrogens is 270 g/mol. The van der Waals surface area contributed by atoms with Gasteiger partial charge in [0.1, 0.15) is 5.82 Å². The number of nitrogens with zero attached hydrogens (tertiary/aromatic N) is 2. The summed E-state index contributed by atoms with van der Waals surface area (Å²) in [5.74, 6) is 1.01. The normalized spacial score (nSPS) is 11.2. The van der Waals surface area contributed by atoms with Gasteiger partial charge >= 0.3 is 0 Å². The van der Waals surface area contributed by atoms with E-state index in [-0.39, 0.29) is 0 Å². The predicted molar refractivity (Wildman–Crippen MR) is 84.9 cm³/mol. The minimum absolute atomic E-state index is 0.441. The number of aryl methyl sites for hydroxylation is 1. The standard InChI is InChI=1S/C16H22ClN3/c1-4-8-20-9-7-18-16(20)13-5-6-15(17)14(10-13)11-19-12(2)3/h5-7,9-10,12,19H,4,8,11H2,1-3H3. The molecule has 3 nitrogen and oxygen atoms in total. The van der Waals surface area contributed by atoms with Crippen LogP contribution in [0.2, 0.25) is 5.02 Å². The number of benzene rings is 1. The number of imidazole rings is 1. The Bertz CT molecular complexity index is 561. The molecule has 1 N–H and O–H groups in total. The van der Waals surface area contributed by atoms with E-state index >= 15 is 0 Å². The van der Waals surface area contributed by atoms with Gasteiger partial charge in [-0.05, 0) is 30.2 Å². The van der Waals surface area contributed by atoms with Crippen LogP contribution in [0.5, 0.6) is 0 Å². The Kier molecular flexibility index (Phi) is 5.21. The average Bonchev–Trinajstić information content (AvgIpc) is 2.86. The van der Waals surface area contributed by atoms with Crippen molar-refractivity contribution in [1.82, 2.24) is 14.9 Å². The van der Waals surface area contributed by atoms with Gasteiger partial charge < -0.3 is 9.88 Å². The Morgan fingerprint density at radius 2 is 2.15 bits per heavy atom. The van der Waals surface area contributed by atoms with Gasteiger partial charge in [-0.2, -0.15) is 0 Å². The molecule has 1 heterocycles. The monoisotopic (exact) mass is 291 g/mol. The van der Waals surface area contributed by atoms with Gasteiger partial charge in [-0.1, -0.05) is 32.4 Å². The van der Waals surface area contributed by atoms with Crippen molar-refractivity contribution in [3.05, 3.63) is 41.2 Å². The van der Waals surface area contributed by atoms with Gasteiger partial charge in [-0.15, -0.1) is 0 Å². The molecule has 2 aromatic rings. The summed E-state index contributed by atoms with van der Waals surface area (Å²) in [7, 11) is 0. The second kappa shape index (κ2) is 6.91. The zero-order valence-corrected chi connectivity index (χ0v) is 13.1. The second-order valence-corrected chi connectivity index (χ2v) is 5.69. The van der Waals surface area contributed by atoms with Crippen LogP contribution in [0.25, 0.3) is 11.4 Å². The zero-order chi connectivity index (χ0) is 14.5. The van der Waals surface area contributed by atoms with Crippen LogP contribution < -0.4 is 5.32 Å². The summed E-state index contributed by atoms with van der Waals surface area (Å²) in [6.07, 6.45) is 4.98. The Balaban J connectivity index is 2.28. The maximum absolute atomic E-state index is 6.27. The molecule has 0 saturated carbocycles. The van der Waals surface area contributed by atoms with E-state index in [1.807, 2.05) is 24.5 Å². The molecule has 4 heteroatoms. The molecule has 1 aromatic heterocycles. The Labute approximate surface area is 126 Å². The summed E-state index contributed by atoms with van der Waals surface area (Å²) >= 11 is 6.27. The van der Waals surface area contributed by atoms with Crippen molar-refractivity contribution in [3.8, 4) is 11.4 Å². The lowest BCUT2D eigenvalue weighted by molar-refractivity contribution is 0.589. The van der Waals surface area contributed by atoms with Crippen LogP contribution in [0.15, 0.2) is 30.6 Å². The van der Waals surface area contributed by atoms with Crippen LogP contribution in [-0.2, 0) is 13.1 Å². The first-order chi connectivity index (χ1) is 9.61. The fourth-order valence-corrected chi connectivity index (χ4v) is 2.34. The third kappa shape index (κ3) is 3.62. The van der Waals surface area contributed by atoms with Crippen molar-refractivity contribution in [3.63, 3.8) is 0 Å². The molecule has 0 atom stereocenters. The fraction of sp³-hybridized carbons (Fsp3) is 0.438. The highest BCUT2D eigenvalue weighted by Gasteiger charge is 2.09. The average molecular weight is 292 g/mol. The maximum Gasteiger partial charge on any atom is 0.139 e. The summed E-state index contributed by atoms with van der Waals surface area (Å²) < 4.78 is 2.18. The largest absolute Gasteiger partial charge is 0.331 e. The maximum atomic E-state index is 6.27. The quantitative estimate of drug-likeness (QED) is 0.868. The van der Waals surface area contributed by atoms with E-state index in [0.29, 0.717) is 6.04 Å². The van der Waals surface area contributed by atoms with Crippen LogP contribution >= 0.6 is 11.6 Å². The molecule has 0 unspecified atom stereocenters. The van der Waals surface area contributed by atoms with Crippen LogP contribution in [0.4, 0.5) is 0 Å². The van der Waals surface area contributed by atoms with Gasteiger partial charge in [-0.25, -0.2) is 4.98 Å². The SMILES string of the molecule is CCCn1ccnc1-c1ccc(Cl)c(CNC(C)C)c1. The summed E-state index contributed by atoms with van der Waals surface area (Å²) in [5, 5.41) is 4.20. The van der Waals surface area contributed by atoms with Crippen molar-refractivity contribution in [1.29, 1.82) is 0 Å². The third-order valence-electron chi connectivity index (χ3n) is 3.18. The fourth-order valence-electron chi connectivity index (χ4n) is 2.15. The molecule has 0 aliphatic heterocycles. The topological polar surface area (TPSA) is 29.9 Å². The lowest BCUT2D eigenvalue weighted by Crippen LogP contribution is -2.22. The first-order valence-corrected chi connectivity index (χ1v) is 7.53. The summed E-state index contributed by atoms with van der Waals surface area (Å²) in [5.41, 5.74) is 2.23. The van der Waals surface area contributed by atoms with E-state index in [9.17, 15) is 0 Å². The van der Waals surface area contributed by atoms with Crippen molar-refractivity contribution < 1.29 is 0 Å². The molecule has 0 aliphatic rings. The highest BCUT2D eigenvalue weighted by atomic mass is 35.5. The van der Waals surface area contributed by atoms with E-state index < -0.39 is 0 Å². The molecule has 0 amide bonds. The smallest absolute Gasteiger partial charge is 0.139 e. The Morgan fingerprint density at radius 1 is 1.35 bits per heavy atom. The molecule has 2 rings (SSSR count). The Morgan fingerprint density at radius 3 is 2.85 bits per heavy atom. The van der Waals surface area contributed by atoms with Gasteiger partial charge in [0.2, 0.25) is 0 Å². The van der Waals surface area contributed by atoms with E-state index in [2.05, 4.69) is 41.7 Å². The first kappa shape index (κ1) is 15.1. The number of hydrogen-bond donors (Lipinski definition) is 1. The summed E-state index contributed by atoms with van der Waals surface area (Å²) in [6, 6.07) is 6.57. The number of rotatable bonds is 6. The van der Waals surface area contributed by atoms with E-state index in [4.69, 9.17) is 11.6 Å². The Hall–Kier alpha value is -1.32. The molecule has 0 spiro atoms. The molecular formula is C16H22ClN3. The highest BCUT2D eigenvalue weighted by Crippen LogP contribution is 2.24. The lowest BCUT2D eigenvalue weighted by atomic mass is 10.1. The van der Waals surface area contributed by atoms with Gasteiger partial charge in [0.05, 0.1) is 0 Å². The van der Waals surface area contributed by atoms with Crippen LogP contribution in [0.1, 0.15) is 32.8 Å². The summed E-state index contributed by atoms with van der Waals surface area (Å²) in [6.45, 7) is 8.19. The minimum Gasteiger partial charge on any atom is -0.331 e. The number of aromatic nitrogens is 2. The van der Waals surface area contributed by atoms with Crippen molar-refractivity contribution >= 4 is 11.6 Å². The van der Waals surface area contributed by atoms with Gasteiger partial charge in [0, 0.05) is 42.1 Å². The van der Waals surface area contributed by atoms with Crippen LogP contribution in [-0.4, -0.2) is 15.6 Å². The molecule has 0 bridgehead atoms. The van der Waals surface area contributed by atoms with Crippen LogP contribution in [0.3, 0.4) is 0 Å². The van der Waals surface area contributed by atoms with E-state index in [0.717, 1.165) is 41.5 Å². The van der Waals surface area contributed by atoms with E-state index in [1.54, 1.807) is 0 Å². The number of halogens is 1. The van der Waals surface area contributed by atoms with Crippen LogP contribution in [0, 0.1) is 0 Å².